The highest BCUT2D eigenvalue weighted by Gasteiger charge is 2.43. The molecule has 3 rings (SSSR count). The van der Waals surface area contributed by atoms with Gasteiger partial charge in [-0.3, -0.25) is 0 Å². The lowest BCUT2D eigenvalue weighted by Crippen LogP contribution is -2.22. The second kappa shape index (κ2) is 2.74. The van der Waals surface area contributed by atoms with E-state index in [2.05, 4.69) is 12.1 Å². The second-order valence-electron chi connectivity index (χ2n) is 4.36. The van der Waals surface area contributed by atoms with Gasteiger partial charge in [0, 0.05) is 12.0 Å². The number of ether oxygens (including phenoxy) is 1. The molecule has 14 heavy (non-hydrogen) atoms. The number of benzene rings is 1. The maximum absolute atomic E-state index is 6.19. The maximum Gasteiger partial charge on any atom is 0.119 e. The van der Waals surface area contributed by atoms with Crippen molar-refractivity contribution in [2.24, 2.45) is 5.73 Å². The number of hydrogen-bond donors (Lipinski definition) is 1. The van der Waals surface area contributed by atoms with Crippen molar-refractivity contribution in [3.05, 3.63) is 29.3 Å². The topological polar surface area (TPSA) is 35.2 Å². The summed E-state index contributed by atoms with van der Waals surface area (Å²) in [4.78, 5) is 0. The van der Waals surface area contributed by atoms with Crippen LogP contribution in [0, 0.1) is 0 Å². The monoisotopic (exact) mass is 189 g/mol. The maximum atomic E-state index is 6.19. The molecule has 0 spiro atoms. The van der Waals surface area contributed by atoms with Crippen LogP contribution in [0.4, 0.5) is 0 Å². The van der Waals surface area contributed by atoms with Crippen molar-refractivity contribution >= 4 is 0 Å². The fraction of sp³-hybridized carbons (Fsp3) is 0.500. The second-order valence-corrected chi connectivity index (χ2v) is 4.36. The average Bonchev–Trinajstić information content (AvgIpc) is 2.72. The predicted octanol–water partition coefficient (Wildman–Crippen LogP) is 2.00. The van der Waals surface area contributed by atoms with E-state index < -0.39 is 0 Å². The Balaban J connectivity index is 2.11. The van der Waals surface area contributed by atoms with Crippen LogP contribution in [0.5, 0.6) is 5.75 Å². The fourth-order valence-corrected chi connectivity index (χ4v) is 3.09. The van der Waals surface area contributed by atoms with Gasteiger partial charge in [-0.2, -0.15) is 0 Å². The zero-order chi connectivity index (χ0) is 9.71. The lowest BCUT2D eigenvalue weighted by Gasteiger charge is -2.14. The molecule has 2 heteroatoms. The molecule has 1 fully saturated rings. The third kappa shape index (κ3) is 0.894. The molecular formula is C12H15NO. The van der Waals surface area contributed by atoms with Gasteiger partial charge in [-0.1, -0.05) is 6.07 Å². The molecule has 0 aromatic heterocycles. The van der Waals surface area contributed by atoms with Gasteiger partial charge in [-0.05, 0) is 42.0 Å². The molecule has 2 N–H and O–H groups in total. The lowest BCUT2D eigenvalue weighted by molar-refractivity contribution is 0.413. The van der Waals surface area contributed by atoms with Crippen molar-refractivity contribution in [3.8, 4) is 5.75 Å². The van der Waals surface area contributed by atoms with Gasteiger partial charge in [0.05, 0.1) is 7.11 Å². The van der Waals surface area contributed by atoms with E-state index in [1.54, 1.807) is 7.11 Å². The van der Waals surface area contributed by atoms with Gasteiger partial charge in [0.15, 0.2) is 0 Å². The molecule has 2 aliphatic carbocycles. The van der Waals surface area contributed by atoms with Crippen LogP contribution in [-0.2, 0) is 0 Å². The van der Waals surface area contributed by atoms with Crippen molar-refractivity contribution in [1.82, 2.24) is 0 Å². The third-order valence-corrected chi connectivity index (χ3v) is 3.81. The summed E-state index contributed by atoms with van der Waals surface area (Å²) in [5, 5.41) is 0. The Hall–Kier alpha value is -1.02. The Morgan fingerprint density at radius 2 is 1.93 bits per heavy atom. The summed E-state index contributed by atoms with van der Waals surface area (Å²) in [5.41, 5.74) is 9.09. The quantitative estimate of drug-likeness (QED) is 0.733. The molecule has 2 aliphatic rings. The molecule has 74 valence electrons. The normalized spacial score (nSPS) is 33.1. The van der Waals surface area contributed by atoms with Crippen LogP contribution in [0.1, 0.15) is 35.8 Å². The SMILES string of the molecule is COc1ccc2c(c1)C1CCC2C1N. The summed E-state index contributed by atoms with van der Waals surface area (Å²) >= 11 is 0. The summed E-state index contributed by atoms with van der Waals surface area (Å²) in [5.74, 6) is 2.16. The highest BCUT2D eigenvalue weighted by molar-refractivity contribution is 5.48. The highest BCUT2D eigenvalue weighted by atomic mass is 16.5. The van der Waals surface area contributed by atoms with E-state index in [1.165, 1.54) is 24.0 Å². The molecule has 0 radical (unpaired) electrons. The molecule has 1 aromatic rings. The standard InChI is InChI=1S/C12H15NO/c1-14-7-2-3-8-9-4-5-10(12(9)13)11(8)6-7/h2-3,6,9-10,12H,4-5,13H2,1H3. The first kappa shape index (κ1) is 8.30. The van der Waals surface area contributed by atoms with Crippen LogP contribution in [0.25, 0.3) is 0 Å². The van der Waals surface area contributed by atoms with Gasteiger partial charge in [0.25, 0.3) is 0 Å². The minimum absolute atomic E-state index is 0.358. The van der Waals surface area contributed by atoms with Crippen molar-refractivity contribution in [1.29, 1.82) is 0 Å². The van der Waals surface area contributed by atoms with Crippen molar-refractivity contribution in [2.75, 3.05) is 7.11 Å². The summed E-state index contributed by atoms with van der Waals surface area (Å²) in [7, 11) is 1.72. The molecule has 0 saturated heterocycles. The van der Waals surface area contributed by atoms with Crippen LogP contribution < -0.4 is 10.5 Å². The van der Waals surface area contributed by atoms with Crippen LogP contribution in [-0.4, -0.2) is 13.2 Å². The van der Waals surface area contributed by atoms with Gasteiger partial charge < -0.3 is 10.5 Å². The van der Waals surface area contributed by atoms with Crippen molar-refractivity contribution in [2.45, 2.75) is 30.7 Å². The largest absolute Gasteiger partial charge is 0.497 e. The molecule has 0 amide bonds. The first-order valence-corrected chi connectivity index (χ1v) is 5.24. The van der Waals surface area contributed by atoms with E-state index in [0.717, 1.165) is 5.75 Å². The van der Waals surface area contributed by atoms with Crippen LogP contribution in [0.15, 0.2) is 18.2 Å². The summed E-state index contributed by atoms with van der Waals surface area (Å²) in [6, 6.07) is 6.76. The van der Waals surface area contributed by atoms with Crippen LogP contribution >= 0.6 is 0 Å². The van der Waals surface area contributed by atoms with Gasteiger partial charge >= 0.3 is 0 Å². The van der Waals surface area contributed by atoms with E-state index in [1.807, 2.05) is 6.07 Å². The number of rotatable bonds is 1. The van der Waals surface area contributed by atoms with Gasteiger partial charge in [-0.25, -0.2) is 0 Å². The molecule has 1 aromatic carbocycles. The van der Waals surface area contributed by atoms with Gasteiger partial charge in [-0.15, -0.1) is 0 Å². The van der Waals surface area contributed by atoms with Crippen LogP contribution in [0.3, 0.4) is 0 Å². The Morgan fingerprint density at radius 1 is 1.21 bits per heavy atom. The fourth-order valence-electron chi connectivity index (χ4n) is 3.09. The average molecular weight is 189 g/mol. The van der Waals surface area contributed by atoms with Crippen molar-refractivity contribution in [3.63, 3.8) is 0 Å². The van der Waals surface area contributed by atoms with E-state index in [4.69, 9.17) is 10.5 Å². The van der Waals surface area contributed by atoms with E-state index >= 15 is 0 Å². The van der Waals surface area contributed by atoms with Crippen LogP contribution in [0.2, 0.25) is 0 Å². The number of fused-ring (bicyclic) bond motifs is 5. The zero-order valence-electron chi connectivity index (χ0n) is 8.36. The van der Waals surface area contributed by atoms with E-state index in [9.17, 15) is 0 Å². The number of hydrogen-bond acceptors (Lipinski definition) is 2. The molecule has 1 saturated carbocycles. The molecule has 0 heterocycles. The molecule has 3 atom stereocenters. The van der Waals surface area contributed by atoms with Gasteiger partial charge in [0.1, 0.15) is 5.75 Å². The number of methoxy groups -OCH3 is 1. The molecular weight excluding hydrogens is 174 g/mol. The molecule has 2 nitrogen and oxygen atoms in total. The molecule has 0 aliphatic heterocycles. The zero-order valence-corrected chi connectivity index (χ0v) is 8.36. The third-order valence-electron chi connectivity index (χ3n) is 3.81. The minimum atomic E-state index is 0.358. The Morgan fingerprint density at radius 3 is 2.64 bits per heavy atom. The predicted molar refractivity (Wildman–Crippen MR) is 55.7 cm³/mol. The van der Waals surface area contributed by atoms with Crippen molar-refractivity contribution < 1.29 is 4.74 Å². The minimum Gasteiger partial charge on any atom is -0.497 e. The summed E-state index contributed by atoms with van der Waals surface area (Å²) in [6.07, 6.45) is 2.52. The summed E-state index contributed by atoms with van der Waals surface area (Å²) in [6.45, 7) is 0. The lowest BCUT2D eigenvalue weighted by atomic mass is 9.92. The first-order chi connectivity index (χ1) is 6.81. The smallest absolute Gasteiger partial charge is 0.119 e. The molecule has 3 unspecified atom stereocenters. The highest BCUT2D eigenvalue weighted by Crippen LogP contribution is 2.52. The van der Waals surface area contributed by atoms with E-state index in [-0.39, 0.29) is 0 Å². The van der Waals surface area contributed by atoms with Gasteiger partial charge in [0.2, 0.25) is 0 Å². The Bertz CT molecular complexity index is 375. The molecule has 2 bridgehead atoms. The summed E-state index contributed by atoms with van der Waals surface area (Å²) < 4.78 is 5.24. The first-order valence-electron chi connectivity index (χ1n) is 5.24. The number of nitrogens with two attached hydrogens (primary N) is 1. The van der Waals surface area contributed by atoms with E-state index in [0.29, 0.717) is 17.9 Å². The Kier molecular flexibility index (Phi) is 1.62. The Labute approximate surface area is 84.1 Å².